The van der Waals surface area contributed by atoms with E-state index in [0.717, 1.165) is 44.6 Å². The molecule has 0 fully saturated rings. The molecule has 0 aromatic heterocycles. The minimum absolute atomic E-state index is 0.145. The molecule has 0 bridgehead atoms. The topological polar surface area (TPSA) is 23.6 Å². The van der Waals surface area contributed by atoms with Gasteiger partial charge in [-0.15, -0.1) is 0 Å². The Bertz CT molecular complexity index is 598. The van der Waals surface area contributed by atoms with Crippen LogP contribution in [0.5, 0.6) is 0 Å². The first-order chi connectivity index (χ1) is 12.6. The summed E-state index contributed by atoms with van der Waals surface area (Å²) < 4.78 is 0. The third-order valence-electron chi connectivity index (χ3n) is 5.51. The molecule has 3 heteroatoms. The van der Waals surface area contributed by atoms with E-state index in [0.29, 0.717) is 6.04 Å². The van der Waals surface area contributed by atoms with Gasteiger partial charge in [0.05, 0.1) is 0 Å². The van der Waals surface area contributed by atoms with E-state index in [1.54, 1.807) is 6.08 Å². The van der Waals surface area contributed by atoms with Crippen molar-refractivity contribution in [2.24, 2.45) is 0 Å². The van der Waals surface area contributed by atoms with Crippen LogP contribution < -0.4 is 0 Å². The van der Waals surface area contributed by atoms with E-state index >= 15 is 0 Å². The standard InChI is InChI=1S/C23H36N2O/c1-5-15-25(16-6-2)20-13-12-19-10-9-11-21(22(19)18-20)23(26)14-17-24(7-3)8-4/h9-11,14,17,20H,5-8,12-13,15-16,18H2,1-4H3. The van der Waals surface area contributed by atoms with Crippen molar-refractivity contribution in [3.8, 4) is 0 Å². The van der Waals surface area contributed by atoms with Crippen LogP contribution >= 0.6 is 0 Å². The molecular weight excluding hydrogens is 320 g/mol. The van der Waals surface area contributed by atoms with Gasteiger partial charge in [-0.3, -0.25) is 4.79 Å². The zero-order chi connectivity index (χ0) is 18.9. The summed E-state index contributed by atoms with van der Waals surface area (Å²) in [5, 5.41) is 0. The van der Waals surface area contributed by atoms with Crippen LogP contribution in [-0.2, 0) is 12.8 Å². The summed E-state index contributed by atoms with van der Waals surface area (Å²) >= 11 is 0. The fourth-order valence-corrected chi connectivity index (χ4v) is 4.06. The first-order valence-electron chi connectivity index (χ1n) is 10.5. The highest BCUT2D eigenvalue weighted by atomic mass is 16.1. The molecule has 2 rings (SSSR count). The molecule has 0 saturated carbocycles. The molecule has 0 radical (unpaired) electrons. The lowest BCUT2D eigenvalue weighted by Crippen LogP contribution is -2.40. The number of benzene rings is 1. The predicted molar refractivity (Wildman–Crippen MR) is 111 cm³/mol. The van der Waals surface area contributed by atoms with E-state index in [9.17, 15) is 4.79 Å². The SMILES string of the molecule is CCCN(CCC)C1CCc2cccc(C(=O)C=CN(CC)CC)c2C1. The molecule has 1 atom stereocenters. The highest BCUT2D eigenvalue weighted by Gasteiger charge is 2.26. The Morgan fingerprint density at radius 2 is 1.81 bits per heavy atom. The summed E-state index contributed by atoms with van der Waals surface area (Å²) in [4.78, 5) is 17.6. The van der Waals surface area contributed by atoms with Crippen LogP contribution in [0.4, 0.5) is 0 Å². The molecule has 1 aliphatic carbocycles. The molecule has 0 aliphatic heterocycles. The molecule has 0 spiro atoms. The normalized spacial score (nSPS) is 16.9. The van der Waals surface area contributed by atoms with Crippen LogP contribution in [0.15, 0.2) is 30.5 Å². The maximum atomic E-state index is 12.9. The van der Waals surface area contributed by atoms with E-state index < -0.39 is 0 Å². The molecule has 1 aromatic rings. The second kappa shape index (κ2) is 10.5. The van der Waals surface area contributed by atoms with E-state index in [1.165, 1.54) is 30.4 Å². The summed E-state index contributed by atoms with van der Waals surface area (Å²) in [6.07, 6.45) is 9.39. The fraction of sp³-hybridized carbons (Fsp3) is 0.609. The van der Waals surface area contributed by atoms with Crippen molar-refractivity contribution in [2.75, 3.05) is 26.2 Å². The lowest BCUT2D eigenvalue weighted by molar-refractivity contribution is 0.104. The van der Waals surface area contributed by atoms with E-state index in [4.69, 9.17) is 0 Å². The lowest BCUT2D eigenvalue weighted by atomic mass is 9.83. The monoisotopic (exact) mass is 356 g/mol. The first kappa shape index (κ1) is 20.7. The average molecular weight is 357 g/mol. The number of hydrogen-bond donors (Lipinski definition) is 0. The molecule has 0 N–H and O–H groups in total. The second-order valence-corrected chi connectivity index (χ2v) is 7.28. The summed E-state index contributed by atoms with van der Waals surface area (Å²) in [5.41, 5.74) is 3.56. The Morgan fingerprint density at radius 3 is 2.42 bits per heavy atom. The number of aryl methyl sites for hydroxylation is 1. The molecule has 144 valence electrons. The van der Waals surface area contributed by atoms with Gasteiger partial charge in [0.25, 0.3) is 0 Å². The first-order valence-corrected chi connectivity index (χ1v) is 10.5. The van der Waals surface area contributed by atoms with E-state index in [1.807, 2.05) is 18.3 Å². The molecule has 3 nitrogen and oxygen atoms in total. The fourth-order valence-electron chi connectivity index (χ4n) is 4.06. The number of allylic oxidation sites excluding steroid dienone is 1. The third kappa shape index (κ3) is 5.20. The molecule has 26 heavy (non-hydrogen) atoms. The molecule has 1 aliphatic rings. The zero-order valence-electron chi connectivity index (χ0n) is 17.1. The Balaban J connectivity index is 2.21. The van der Waals surface area contributed by atoms with E-state index in [2.05, 4.69) is 43.6 Å². The van der Waals surface area contributed by atoms with Gasteiger partial charge in [0.15, 0.2) is 5.78 Å². The number of carbonyl (C=O) groups is 1. The second-order valence-electron chi connectivity index (χ2n) is 7.28. The van der Waals surface area contributed by atoms with Crippen LogP contribution in [0.3, 0.4) is 0 Å². The van der Waals surface area contributed by atoms with Crippen LogP contribution in [0, 0.1) is 0 Å². The Hall–Kier alpha value is -1.61. The van der Waals surface area contributed by atoms with E-state index in [-0.39, 0.29) is 5.78 Å². The maximum absolute atomic E-state index is 12.9. The number of hydrogen-bond acceptors (Lipinski definition) is 3. The van der Waals surface area contributed by atoms with Gasteiger partial charge in [-0.2, -0.15) is 0 Å². The van der Waals surface area contributed by atoms with Crippen LogP contribution in [0.2, 0.25) is 0 Å². The van der Waals surface area contributed by atoms with Gasteiger partial charge in [-0.1, -0.05) is 32.0 Å². The molecule has 1 unspecified atom stereocenters. The molecule has 0 amide bonds. The minimum Gasteiger partial charge on any atom is -0.378 e. The predicted octanol–water partition coefficient (Wildman–Crippen LogP) is 4.70. The van der Waals surface area contributed by atoms with Gasteiger partial charge in [-0.25, -0.2) is 0 Å². The van der Waals surface area contributed by atoms with Gasteiger partial charge < -0.3 is 9.80 Å². The van der Waals surface area contributed by atoms with Crippen molar-refractivity contribution in [1.29, 1.82) is 0 Å². The van der Waals surface area contributed by atoms with Crippen LogP contribution in [-0.4, -0.2) is 47.8 Å². The number of fused-ring (bicyclic) bond motifs is 1. The summed E-state index contributed by atoms with van der Waals surface area (Å²) in [7, 11) is 0. The highest BCUT2D eigenvalue weighted by Crippen LogP contribution is 2.28. The Kier molecular flexibility index (Phi) is 8.37. The van der Waals surface area contributed by atoms with Crippen molar-refractivity contribution < 1.29 is 4.79 Å². The van der Waals surface area contributed by atoms with Gasteiger partial charge in [-0.05, 0) is 70.2 Å². The van der Waals surface area contributed by atoms with Crippen molar-refractivity contribution in [2.45, 2.75) is 65.8 Å². The molecular formula is C23H36N2O. The number of nitrogens with zero attached hydrogens (tertiary/aromatic N) is 2. The number of carbonyl (C=O) groups excluding carboxylic acids is 1. The summed E-state index contributed by atoms with van der Waals surface area (Å²) in [5.74, 6) is 0.145. The summed E-state index contributed by atoms with van der Waals surface area (Å²) in [6.45, 7) is 12.9. The van der Waals surface area contributed by atoms with Crippen molar-refractivity contribution in [3.05, 3.63) is 47.2 Å². The minimum atomic E-state index is 0.145. The molecule has 1 aromatic carbocycles. The van der Waals surface area contributed by atoms with Crippen molar-refractivity contribution >= 4 is 5.78 Å². The Morgan fingerprint density at radius 1 is 1.12 bits per heavy atom. The number of rotatable bonds is 10. The smallest absolute Gasteiger partial charge is 0.187 e. The largest absolute Gasteiger partial charge is 0.378 e. The number of ketones is 1. The average Bonchev–Trinajstić information content (AvgIpc) is 2.67. The van der Waals surface area contributed by atoms with Gasteiger partial charge in [0.2, 0.25) is 0 Å². The third-order valence-corrected chi connectivity index (χ3v) is 5.51. The van der Waals surface area contributed by atoms with Crippen molar-refractivity contribution in [1.82, 2.24) is 9.80 Å². The van der Waals surface area contributed by atoms with Gasteiger partial charge in [0, 0.05) is 37.0 Å². The molecule has 0 heterocycles. The lowest BCUT2D eigenvalue weighted by Gasteiger charge is -2.35. The van der Waals surface area contributed by atoms with Gasteiger partial charge >= 0.3 is 0 Å². The quantitative estimate of drug-likeness (QED) is 0.448. The van der Waals surface area contributed by atoms with Crippen LogP contribution in [0.25, 0.3) is 0 Å². The zero-order valence-corrected chi connectivity index (χ0v) is 17.1. The van der Waals surface area contributed by atoms with Crippen molar-refractivity contribution in [3.63, 3.8) is 0 Å². The maximum Gasteiger partial charge on any atom is 0.187 e. The molecule has 0 saturated heterocycles. The summed E-state index contributed by atoms with van der Waals surface area (Å²) in [6, 6.07) is 6.84. The highest BCUT2D eigenvalue weighted by molar-refractivity contribution is 6.05. The Labute approximate surface area is 160 Å². The van der Waals surface area contributed by atoms with Gasteiger partial charge in [0.1, 0.15) is 0 Å². The van der Waals surface area contributed by atoms with Crippen LogP contribution in [0.1, 0.15) is 68.4 Å².